The van der Waals surface area contributed by atoms with E-state index < -0.39 is 5.82 Å². The summed E-state index contributed by atoms with van der Waals surface area (Å²) in [6.07, 6.45) is 0. The Morgan fingerprint density at radius 1 is 1.43 bits per heavy atom. The highest BCUT2D eigenvalue weighted by molar-refractivity contribution is 5.71. The number of nitrogens with two attached hydrogens (primary N) is 1. The van der Waals surface area contributed by atoms with E-state index in [2.05, 4.69) is 15.4 Å². The van der Waals surface area contributed by atoms with Crippen molar-refractivity contribution in [2.24, 2.45) is 7.05 Å². The number of para-hydroxylation sites is 1. The molecule has 14 heavy (non-hydrogen) atoms. The lowest BCUT2D eigenvalue weighted by Gasteiger charge is -2.00. The van der Waals surface area contributed by atoms with Crippen LogP contribution in [0.4, 0.5) is 10.1 Å². The quantitative estimate of drug-likeness (QED) is 0.673. The van der Waals surface area contributed by atoms with Gasteiger partial charge >= 0.3 is 0 Å². The summed E-state index contributed by atoms with van der Waals surface area (Å²) in [6.45, 7) is 0. The molecule has 1 aromatic carbocycles. The Morgan fingerprint density at radius 2 is 2.21 bits per heavy atom. The molecule has 0 aliphatic rings. The lowest BCUT2D eigenvalue weighted by molar-refractivity contribution is 0.629. The second kappa shape index (κ2) is 3.06. The van der Waals surface area contributed by atoms with Gasteiger partial charge in [0.25, 0.3) is 0 Å². The maximum absolute atomic E-state index is 13.1. The van der Waals surface area contributed by atoms with Crippen molar-refractivity contribution in [2.75, 3.05) is 5.73 Å². The predicted molar refractivity (Wildman–Crippen MR) is 48.6 cm³/mol. The highest BCUT2D eigenvalue weighted by Crippen LogP contribution is 2.23. The van der Waals surface area contributed by atoms with E-state index in [9.17, 15) is 4.39 Å². The predicted octanol–water partition coefficient (Wildman–Crippen LogP) is 0.598. The van der Waals surface area contributed by atoms with Crippen LogP contribution in [0.5, 0.6) is 0 Å². The number of anilines is 1. The van der Waals surface area contributed by atoms with E-state index >= 15 is 0 Å². The summed E-state index contributed by atoms with van der Waals surface area (Å²) >= 11 is 0. The van der Waals surface area contributed by atoms with Crippen LogP contribution in [-0.4, -0.2) is 20.2 Å². The standard InChI is InChI=1S/C8H8FN5/c1-14-12-8(11-13-14)5-3-2-4-6(9)7(5)10/h2-4H,10H2,1H3. The van der Waals surface area contributed by atoms with Gasteiger partial charge in [0.1, 0.15) is 5.82 Å². The second-order valence-electron chi connectivity index (χ2n) is 2.80. The van der Waals surface area contributed by atoms with E-state index in [-0.39, 0.29) is 5.69 Å². The van der Waals surface area contributed by atoms with Crippen LogP contribution in [0.2, 0.25) is 0 Å². The van der Waals surface area contributed by atoms with E-state index in [1.807, 2.05) is 0 Å². The number of tetrazole rings is 1. The average molecular weight is 193 g/mol. The molecule has 72 valence electrons. The fourth-order valence-electron chi connectivity index (χ4n) is 1.12. The highest BCUT2D eigenvalue weighted by atomic mass is 19.1. The van der Waals surface area contributed by atoms with Crippen molar-refractivity contribution in [3.05, 3.63) is 24.0 Å². The van der Waals surface area contributed by atoms with E-state index in [0.29, 0.717) is 11.4 Å². The van der Waals surface area contributed by atoms with Gasteiger partial charge in [-0.25, -0.2) is 4.39 Å². The molecule has 0 aliphatic heterocycles. The molecule has 0 saturated heterocycles. The molecule has 1 heterocycles. The summed E-state index contributed by atoms with van der Waals surface area (Å²) in [5, 5.41) is 11.3. The van der Waals surface area contributed by atoms with Crippen LogP contribution in [0.1, 0.15) is 0 Å². The van der Waals surface area contributed by atoms with Crippen LogP contribution in [-0.2, 0) is 7.05 Å². The molecule has 2 rings (SSSR count). The lowest BCUT2D eigenvalue weighted by atomic mass is 10.1. The highest BCUT2D eigenvalue weighted by Gasteiger charge is 2.10. The molecular weight excluding hydrogens is 185 g/mol. The van der Waals surface area contributed by atoms with Crippen molar-refractivity contribution in [1.29, 1.82) is 0 Å². The molecule has 6 heteroatoms. The summed E-state index contributed by atoms with van der Waals surface area (Å²) < 4.78 is 13.1. The third kappa shape index (κ3) is 1.30. The minimum absolute atomic E-state index is 0.0421. The van der Waals surface area contributed by atoms with Crippen LogP contribution in [0.15, 0.2) is 18.2 Å². The first-order valence-corrected chi connectivity index (χ1v) is 3.97. The van der Waals surface area contributed by atoms with Crippen molar-refractivity contribution >= 4 is 5.69 Å². The number of benzene rings is 1. The van der Waals surface area contributed by atoms with Crippen molar-refractivity contribution in [3.63, 3.8) is 0 Å². The van der Waals surface area contributed by atoms with Gasteiger partial charge in [0, 0.05) is 5.56 Å². The number of aromatic nitrogens is 4. The molecule has 2 N–H and O–H groups in total. The van der Waals surface area contributed by atoms with Gasteiger partial charge in [0.05, 0.1) is 12.7 Å². The fraction of sp³-hybridized carbons (Fsp3) is 0.125. The van der Waals surface area contributed by atoms with Gasteiger partial charge < -0.3 is 5.73 Å². The molecular formula is C8H8FN5. The van der Waals surface area contributed by atoms with Gasteiger partial charge in [0.15, 0.2) is 0 Å². The normalized spacial score (nSPS) is 10.4. The van der Waals surface area contributed by atoms with Gasteiger partial charge in [-0.1, -0.05) is 6.07 Å². The van der Waals surface area contributed by atoms with Gasteiger partial charge in [-0.2, -0.15) is 4.80 Å². The van der Waals surface area contributed by atoms with Gasteiger partial charge in [-0.05, 0) is 17.3 Å². The fourth-order valence-corrected chi connectivity index (χ4v) is 1.12. The summed E-state index contributed by atoms with van der Waals surface area (Å²) in [5.74, 6) is -0.153. The first-order chi connectivity index (χ1) is 6.68. The molecule has 0 atom stereocenters. The number of nitrogen functional groups attached to an aromatic ring is 1. The van der Waals surface area contributed by atoms with E-state index in [0.717, 1.165) is 0 Å². The Balaban J connectivity index is 2.57. The molecule has 0 unspecified atom stereocenters. The minimum Gasteiger partial charge on any atom is -0.396 e. The zero-order valence-corrected chi connectivity index (χ0v) is 7.48. The Morgan fingerprint density at radius 3 is 2.86 bits per heavy atom. The van der Waals surface area contributed by atoms with Gasteiger partial charge in [-0.3, -0.25) is 0 Å². The second-order valence-corrected chi connectivity index (χ2v) is 2.80. The molecule has 0 spiro atoms. The number of rotatable bonds is 1. The Labute approximate surface area is 79.3 Å². The molecule has 1 aromatic heterocycles. The smallest absolute Gasteiger partial charge is 0.207 e. The summed E-state index contributed by atoms with van der Waals surface area (Å²) in [7, 11) is 1.63. The minimum atomic E-state index is -0.477. The molecule has 0 bridgehead atoms. The zero-order chi connectivity index (χ0) is 10.1. The SMILES string of the molecule is Cn1nnc(-c2cccc(F)c2N)n1. The van der Waals surface area contributed by atoms with Crippen LogP contribution in [0.3, 0.4) is 0 Å². The number of halogens is 1. The first kappa shape index (κ1) is 8.61. The molecule has 5 nitrogen and oxygen atoms in total. The molecule has 0 fully saturated rings. The summed E-state index contributed by atoms with van der Waals surface area (Å²) in [6, 6.07) is 4.49. The number of hydrogen-bond donors (Lipinski definition) is 1. The van der Waals surface area contributed by atoms with Crippen molar-refractivity contribution in [3.8, 4) is 11.4 Å². The van der Waals surface area contributed by atoms with Crippen LogP contribution < -0.4 is 5.73 Å². The van der Waals surface area contributed by atoms with Crippen LogP contribution in [0, 0.1) is 5.82 Å². The van der Waals surface area contributed by atoms with Gasteiger partial charge in [0.2, 0.25) is 5.82 Å². The first-order valence-electron chi connectivity index (χ1n) is 3.97. The molecule has 0 radical (unpaired) electrons. The van der Waals surface area contributed by atoms with Crippen molar-refractivity contribution < 1.29 is 4.39 Å². The largest absolute Gasteiger partial charge is 0.396 e. The monoisotopic (exact) mass is 193 g/mol. The Hall–Kier alpha value is -1.98. The van der Waals surface area contributed by atoms with E-state index in [4.69, 9.17) is 5.73 Å². The molecule has 0 aliphatic carbocycles. The number of nitrogens with zero attached hydrogens (tertiary/aromatic N) is 4. The van der Waals surface area contributed by atoms with Crippen LogP contribution >= 0.6 is 0 Å². The third-order valence-corrected chi connectivity index (χ3v) is 1.80. The molecule has 2 aromatic rings. The van der Waals surface area contributed by atoms with E-state index in [1.54, 1.807) is 19.2 Å². The number of aryl methyl sites for hydroxylation is 1. The van der Waals surface area contributed by atoms with Gasteiger partial charge in [-0.15, -0.1) is 10.2 Å². The van der Waals surface area contributed by atoms with E-state index in [1.165, 1.54) is 10.9 Å². The Bertz CT molecular complexity index is 465. The maximum atomic E-state index is 13.1. The average Bonchev–Trinajstić information content (AvgIpc) is 2.57. The molecule has 0 saturated carbocycles. The zero-order valence-electron chi connectivity index (χ0n) is 7.48. The topological polar surface area (TPSA) is 69.6 Å². The summed E-state index contributed by atoms with van der Waals surface area (Å²) in [4.78, 5) is 1.29. The maximum Gasteiger partial charge on any atom is 0.207 e. The van der Waals surface area contributed by atoms with Crippen molar-refractivity contribution in [1.82, 2.24) is 20.2 Å². The lowest BCUT2D eigenvalue weighted by Crippen LogP contribution is -1.96. The molecule has 0 amide bonds. The number of hydrogen-bond acceptors (Lipinski definition) is 4. The van der Waals surface area contributed by atoms with Crippen molar-refractivity contribution in [2.45, 2.75) is 0 Å². The third-order valence-electron chi connectivity index (χ3n) is 1.80. The van der Waals surface area contributed by atoms with Crippen LogP contribution in [0.25, 0.3) is 11.4 Å². The Kier molecular flexibility index (Phi) is 1.88. The summed E-state index contributed by atoms with van der Waals surface area (Å²) in [5.41, 5.74) is 6.03.